The Morgan fingerprint density at radius 1 is 0.800 bits per heavy atom. The summed E-state index contributed by atoms with van der Waals surface area (Å²) in [4.78, 5) is 0. The van der Waals surface area contributed by atoms with Crippen LogP contribution in [0.3, 0.4) is 0 Å². The zero-order chi connectivity index (χ0) is 0. The molecule has 5 heteroatoms. The van der Waals surface area contributed by atoms with Crippen molar-refractivity contribution in [2.45, 2.75) is 0 Å². The van der Waals surface area contributed by atoms with Gasteiger partial charge < -0.3 is 16.4 Å². The van der Waals surface area contributed by atoms with E-state index in [0.717, 1.165) is 0 Å². The Hall–Kier alpha value is 2.06. The average molecular weight is 299 g/mol. The van der Waals surface area contributed by atoms with E-state index in [2.05, 4.69) is 0 Å². The molecule has 0 spiro atoms. The molecule has 0 heterocycles. The van der Waals surface area contributed by atoms with Gasteiger partial charge in [-0.05, 0) is 0 Å². The quantitative estimate of drug-likeness (QED) is 0.487. The van der Waals surface area contributed by atoms with Crippen molar-refractivity contribution in [1.82, 2.24) is 0 Å². The third-order valence-electron chi connectivity index (χ3n) is 0. The number of rotatable bonds is 0. The molecular weight excluding hydrogens is 295 g/mol. The first-order valence-corrected chi connectivity index (χ1v) is 0. The fourth-order valence-corrected chi connectivity index (χ4v) is 0. The molecule has 4 radical (unpaired) electrons. The largest absolute Gasteiger partial charge is 2.00 e. The van der Waals surface area contributed by atoms with Crippen LogP contribution in [0.5, 0.6) is 0 Å². The minimum Gasteiger partial charge on any atom is -0.870 e. The summed E-state index contributed by atoms with van der Waals surface area (Å²) in [6.07, 6.45) is 0. The van der Waals surface area contributed by atoms with Crippen LogP contribution < -0.4 is 0 Å². The van der Waals surface area contributed by atoms with Gasteiger partial charge in [0.1, 0.15) is 0 Å². The zero-order valence-corrected chi connectivity index (χ0v) is 8.70. The molecule has 0 amide bonds. The molecule has 0 bridgehead atoms. The van der Waals surface area contributed by atoms with Crippen molar-refractivity contribution < 1.29 is 16.4 Å². The predicted octanol–water partition coefficient (Wildman–Crippen LogP) is -1.94. The average Bonchev–Trinajstić information content (AvgIpc) is 0. The molecule has 0 fully saturated rings. The summed E-state index contributed by atoms with van der Waals surface area (Å²) in [7, 11) is 0. The monoisotopic (exact) mass is 300 g/mol. The van der Waals surface area contributed by atoms with Gasteiger partial charge >= 0.3 is 37.7 Å². The normalized spacial score (nSPS) is 0. The van der Waals surface area contributed by atoms with Gasteiger partial charge in [-0.25, -0.2) is 0 Å². The van der Waals surface area contributed by atoms with Crippen molar-refractivity contribution in [1.29, 1.82) is 0 Å². The Morgan fingerprint density at radius 2 is 0.800 bits per heavy atom. The van der Waals surface area contributed by atoms with Crippen molar-refractivity contribution in [3.63, 3.8) is 0 Å². The Morgan fingerprint density at radius 3 is 0.800 bits per heavy atom. The second kappa shape index (κ2) is 36.5. The van der Waals surface area contributed by atoms with Crippen molar-refractivity contribution >= 4 is 65.0 Å². The van der Waals surface area contributed by atoms with E-state index < -0.39 is 0 Å². The molecule has 0 aromatic carbocycles. The third kappa shape index (κ3) is 23.5. The summed E-state index contributed by atoms with van der Waals surface area (Å²) in [6, 6.07) is 0. The topological polar surface area (TPSA) is 91.5 Å². The summed E-state index contributed by atoms with van der Waals surface area (Å²) in [5.41, 5.74) is 0. The van der Waals surface area contributed by atoms with Gasteiger partial charge in [0.15, 0.2) is 0 Å². The van der Waals surface area contributed by atoms with Crippen LogP contribution in [-0.2, 0) is 0 Å². The molecule has 0 unspecified atom stereocenters. The standard InChI is InChI=1S/Ca.3H2O.Pb/h;3*1H2;/q+2;;;;/p-2. The van der Waals surface area contributed by atoms with Crippen molar-refractivity contribution in [3.8, 4) is 0 Å². The summed E-state index contributed by atoms with van der Waals surface area (Å²) in [5.74, 6) is 0. The number of hydrogen-bond acceptors (Lipinski definition) is 2. The zero-order valence-electron chi connectivity index (χ0n) is 2.60. The van der Waals surface area contributed by atoms with E-state index in [0.29, 0.717) is 0 Å². The third-order valence-corrected chi connectivity index (χ3v) is 0. The Bertz CT molecular complexity index is 6.85. The van der Waals surface area contributed by atoms with Crippen molar-refractivity contribution in [3.05, 3.63) is 0 Å². The Balaban J connectivity index is 0. The van der Waals surface area contributed by atoms with E-state index >= 15 is 0 Å². The van der Waals surface area contributed by atoms with Gasteiger partial charge in [-0.1, -0.05) is 0 Å². The molecule has 0 aromatic heterocycles. The van der Waals surface area contributed by atoms with E-state index in [1.54, 1.807) is 0 Å². The van der Waals surface area contributed by atoms with E-state index in [9.17, 15) is 0 Å². The van der Waals surface area contributed by atoms with Crippen molar-refractivity contribution in [2.24, 2.45) is 0 Å². The smallest absolute Gasteiger partial charge is 0.870 e. The molecule has 0 aromatic rings. The van der Waals surface area contributed by atoms with Gasteiger partial charge in [-0.15, -0.1) is 0 Å². The van der Waals surface area contributed by atoms with Crippen LogP contribution in [0.15, 0.2) is 0 Å². The van der Waals surface area contributed by atoms with Crippen LogP contribution in [0.25, 0.3) is 0 Å². The minimum absolute atomic E-state index is 0. The predicted molar refractivity (Wildman–Crippen MR) is 19.0 cm³/mol. The SMILES string of the molecule is O.[Ca+2].[OH-].[OH-].[Pb]. The second-order valence-corrected chi connectivity index (χ2v) is 0. The fourth-order valence-electron chi connectivity index (χ4n) is 0. The van der Waals surface area contributed by atoms with E-state index in [4.69, 9.17) is 0 Å². The molecule has 0 aliphatic heterocycles. The van der Waals surface area contributed by atoms with Crippen LogP contribution in [0.4, 0.5) is 0 Å². The molecular formula is H4CaO3Pb. The molecule has 5 heavy (non-hydrogen) atoms. The first kappa shape index (κ1) is 61.0. The fraction of sp³-hybridized carbons (Fsp3) is 0. The molecule has 0 aliphatic rings. The van der Waals surface area contributed by atoms with Gasteiger partial charge in [0.05, 0.1) is 0 Å². The van der Waals surface area contributed by atoms with Crippen LogP contribution >= 0.6 is 0 Å². The molecule has 28 valence electrons. The van der Waals surface area contributed by atoms with Crippen LogP contribution in [0, 0.1) is 0 Å². The summed E-state index contributed by atoms with van der Waals surface area (Å²) < 4.78 is 0. The van der Waals surface area contributed by atoms with E-state index in [1.165, 1.54) is 0 Å². The van der Waals surface area contributed by atoms with Crippen LogP contribution in [-0.4, -0.2) is 81.5 Å². The van der Waals surface area contributed by atoms with E-state index in [-0.39, 0.29) is 81.5 Å². The summed E-state index contributed by atoms with van der Waals surface area (Å²) in [6.45, 7) is 0. The minimum atomic E-state index is 0. The summed E-state index contributed by atoms with van der Waals surface area (Å²) >= 11 is 0. The summed E-state index contributed by atoms with van der Waals surface area (Å²) in [5, 5.41) is 0. The molecule has 0 saturated carbocycles. The Labute approximate surface area is 80.2 Å². The second-order valence-electron chi connectivity index (χ2n) is 0. The van der Waals surface area contributed by atoms with Gasteiger partial charge in [-0.2, -0.15) is 0 Å². The molecule has 0 atom stereocenters. The molecule has 0 rings (SSSR count). The van der Waals surface area contributed by atoms with Crippen LogP contribution in [0.1, 0.15) is 0 Å². The van der Waals surface area contributed by atoms with Crippen molar-refractivity contribution in [2.75, 3.05) is 0 Å². The molecule has 3 nitrogen and oxygen atoms in total. The van der Waals surface area contributed by atoms with Gasteiger partial charge in [-0.3, -0.25) is 0 Å². The molecule has 0 saturated heterocycles. The van der Waals surface area contributed by atoms with E-state index in [1.807, 2.05) is 0 Å². The van der Waals surface area contributed by atoms with Gasteiger partial charge in [0.25, 0.3) is 0 Å². The maximum absolute atomic E-state index is 0. The van der Waals surface area contributed by atoms with Gasteiger partial charge in [0, 0.05) is 27.3 Å². The van der Waals surface area contributed by atoms with Crippen LogP contribution in [0.2, 0.25) is 0 Å². The first-order chi connectivity index (χ1) is 0. The Kier molecular flexibility index (Phi) is 446. The van der Waals surface area contributed by atoms with Gasteiger partial charge in [0.2, 0.25) is 0 Å². The molecule has 0 aliphatic carbocycles. The number of hydrogen-bond donors (Lipinski definition) is 0. The maximum atomic E-state index is 0. The first-order valence-electron chi connectivity index (χ1n) is 0. The maximum Gasteiger partial charge on any atom is 2.00 e. The molecule has 4 N–H and O–H groups in total.